The van der Waals surface area contributed by atoms with Crippen molar-refractivity contribution in [2.75, 3.05) is 6.61 Å². The van der Waals surface area contributed by atoms with Crippen LogP contribution in [-0.4, -0.2) is 29.7 Å². The molecule has 0 aliphatic carbocycles. The van der Waals surface area contributed by atoms with Gasteiger partial charge in [-0.25, -0.2) is 0 Å². The van der Waals surface area contributed by atoms with E-state index in [-0.39, 0.29) is 23.1 Å². The van der Waals surface area contributed by atoms with Gasteiger partial charge in [-0.3, -0.25) is 0 Å². The summed E-state index contributed by atoms with van der Waals surface area (Å²) in [5.74, 6) is 0.922. The lowest BCUT2D eigenvalue weighted by Crippen LogP contribution is -1.89. The quantitative estimate of drug-likeness (QED) is 0.702. The second kappa shape index (κ2) is 5.86. The normalized spacial score (nSPS) is 8.55. The zero-order valence-electron chi connectivity index (χ0n) is 5.80. The summed E-state index contributed by atoms with van der Waals surface area (Å²) < 4.78 is 6.32. The van der Waals surface area contributed by atoms with Crippen molar-refractivity contribution in [3.05, 3.63) is 28.7 Å². The molecule has 1 rings (SSSR count). The Bertz CT molecular complexity index is 198. The van der Waals surface area contributed by atoms with Crippen LogP contribution in [0.4, 0.5) is 0 Å². The first-order valence-corrected chi connectivity index (χ1v) is 4.00. The van der Waals surface area contributed by atoms with Gasteiger partial charge in [0.2, 0.25) is 0 Å². The molecule has 0 amide bonds. The van der Waals surface area contributed by atoms with Crippen LogP contribution >= 0.6 is 15.9 Å². The molecular weight excluding hydrogens is 216 g/mol. The van der Waals surface area contributed by atoms with Crippen molar-refractivity contribution in [3.8, 4) is 5.75 Å². The van der Waals surface area contributed by atoms with Gasteiger partial charge in [0.05, 0.1) is 6.61 Å². The Kier molecular flexibility index (Phi) is 6.00. The van der Waals surface area contributed by atoms with Crippen LogP contribution in [0.3, 0.4) is 0 Å². The molecule has 0 unspecified atom stereocenters. The average Bonchev–Trinajstić information content (AvgIpc) is 1.95. The third kappa shape index (κ3) is 3.99. The third-order valence-electron chi connectivity index (χ3n) is 1.12. The summed E-state index contributed by atoms with van der Waals surface area (Å²) in [6.07, 6.45) is 0. The minimum atomic E-state index is 0. The van der Waals surface area contributed by atoms with Crippen LogP contribution in [0, 0.1) is 0 Å². The van der Waals surface area contributed by atoms with E-state index < -0.39 is 0 Å². The maximum Gasteiger partial charge on any atom is 0.316 e. The van der Waals surface area contributed by atoms with E-state index >= 15 is 0 Å². The van der Waals surface area contributed by atoms with Crippen LogP contribution in [0.25, 0.3) is 0 Å². The molecule has 0 saturated heterocycles. The number of benzene rings is 1. The predicted octanol–water partition coefficient (Wildman–Crippen LogP) is 1.93. The van der Waals surface area contributed by atoms with E-state index in [1.165, 1.54) is 0 Å². The molecule has 0 atom stereocenters. The Labute approximate surface area is 91.4 Å². The van der Waals surface area contributed by atoms with E-state index in [1.54, 1.807) is 0 Å². The Morgan fingerprint density at radius 3 is 2.27 bits per heavy atom. The van der Waals surface area contributed by atoms with Crippen LogP contribution in [-0.2, 0) is 0 Å². The smallest absolute Gasteiger partial charge is 0.316 e. The second-order valence-corrected chi connectivity index (χ2v) is 2.80. The fraction of sp³-hybridized carbons (Fsp3) is 0.250. The highest BCUT2D eigenvalue weighted by Gasteiger charge is 1.88. The molecule has 0 bridgehead atoms. The maximum absolute atomic E-state index is 5.24. The fourth-order valence-corrected chi connectivity index (χ4v) is 0.962. The Morgan fingerprint density at radius 2 is 1.82 bits per heavy atom. The largest absolute Gasteiger partial charge is 0.494 e. The lowest BCUT2D eigenvalue weighted by molar-refractivity contribution is 0.340. The highest BCUT2D eigenvalue weighted by atomic mass is 79.9. The molecule has 0 aliphatic rings. The molecule has 0 saturated carbocycles. The van der Waals surface area contributed by atoms with Gasteiger partial charge in [0, 0.05) is 4.47 Å². The minimum absolute atomic E-state index is 0. The summed E-state index contributed by atoms with van der Waals surface area (Å²) in [6.45, 7) is 2.70. The van der Waals surface area contributed by atoms with E-state index in [9.17, 15) is 0 Å². The molecular formula is C8H11BrMgO. The molecule has 3 heteroatoms. The van der Waals surface area contributed by atoms with Crippen molar-refractivity contribution in [2.45, 2.75) is 6.92 Å². The zero-order valence-corrected chi connectivity index (χ0v) is 7.39. The molecule has 0 N–H and O–H groups in total. The van der Waals surface area contributed by atoms with Crippen LogP contribution in [0.5, 0.6) is 5.75 Å². The fourth-order valence-electron chi connectivity index (χ4n) is 0.697. The van der Waals surface area contributed by atoms with Crippen molar-refractivity contribution in [1.29, 1.82) is 0 Å². The van der Waals surface area contributed by atoms with Crippen LogP contribution < -0.4 is 4.74 Å². The summed E-state index contributed by atoms with van der Waals surface area (Å²) in [6, 6.07) is 7.80. The molecule has 0 spiro atoms. The summed E-state index contributed by atoms with van der Waals surface area (Å²) in [7, 11) is 0. The zero-order chi connectivity index (χ0) is 7.40. The number of rotatable bonds is 2. The summed E-state index contributed by atoms with van der Waals surface area (Å²) in [4.78, 5) is 0. The van der Waals surface area contributed by atoms with Crippen molar-refractivity contribution >= 4 is 39.0 Å². The molecule has 0 aliphatic heterocycles. The molecule has 0 aromatic heterocycles. The maximum atomic E-state index is 5.24. The molecule has 0 heterocycles. The van der Waals surface area contributed by atoms with Gasteiger partial charge >= 0.3 is 23.1 Å². The van der Waals surface area contributed by atoms with Gasteiger partial charge in [0.15, 0.2) is 0 Å². The van der Waals surface area contributed by atoms with Crippen molar-refractivity contribution in [1.82, 2.24) is 0 Å². The van der Waals surface area contributed by atoms with Gasteiger partial charge < -0.3 is 4.74 Å². The lowest BCUT2D eigenvalue weighted by Gasteiger charge is -2.00. The SMILES string of the molecule is CCOc1ccc(Br)cc1.[MgH2]. The van der Waals surface area contributed by atoms with Crippen molar-refractivity contribution < 1.29 is 4.74 Å². The van der Waals surface area contributed by atoms with Crippen LogP contribution in [0.1, 0.15) is 6.92 Å². The molecule has 1 nitrogen and oxygen atoms in total. The van der Waals surface area contributed by atoms with Crippen molar-refractivity contribution in [3.63, 3.8) is 0 Å². The molecule has 58 valence electrons. The van der Waals surface area contributed by atoms with Gasteiger partial charge in [-0.1, -0.05) is 15.9 Å². The molecule has 1 aromatic rings. The van der Waals surface area contributed by atoms with Crippen LogP contribution in [0.15, 0.2) is 28.7 Å². The van der Waals surface area contributed by atoms with E-state index in [0.717, 1.165) is 16.8 Å². The highest BCUT2D eigenvalue weighted by molar-refractivity contribution is 9.10. The molecule has 1 aromatic carbocycles. The monoisotopic (exact) mass is 226 g/mol. The Hall–Kier alpha value is 0.266. The standard InChI is InChI=1S/C8H9BrO.Mg.2H/c1-2-10-8-5-3-7(9)4-6-8;;;/h3-6H,2H2,1H3;;;. The Morgan fingerprint density at radius 1 is 1.27 bits per heavy atom. The van der Waals surface area contributed by atoms with Gasteiger partial charge in [-0.2, -0.15) is 0 Å². The third-order valence-corrected chi connectivity index (χ3v) is 1.65. The number of hydrogen-bond acceptors (Lipinski definition) is 1. The van der Waals surface area contributed by atoms with Gasteiger partial charge in [0.1, 0.15) is 5.75 Å². The first-order valence-electron chi connectivity index (χ1n) is 3.21. The minimum Gasteiger partial charge on any atom is -0.494 e. The lowest BCUT2D eigenvalue weighted by atomic mass is 10.3. The van der Waals surface area contributed by atoms with E-state index in [2.05, 4.69) is 15.9 Å². The van der Waals surface area contributed by atoms with Gasteiger partial charge in [0.25, 0.3) is 0 Å². The first-order chi connectivity index (χ1) is 4.83. The van der Waals surface area contributed by atoms with Gasteiger partial charge in [-0.15, -0.1) is 0 Å². The molecule has 0 fully saturated rings. The van der Waals surface area contributed by atoms with E-state index in [0.29, 0.717) is 0 Å². The van der Waals surface area contributed by atoms with E-state index in [4.69, 9.17) is 4.74 Å². The van der Waals surface area contributed by atoms with Crippen LogP contribution in [0.2, 0.25) is 0 Å². The second-order valence-electron chi connectivity index (χ2n) is 1.89. The molecule has 0 radical (unpaired) electrons. The topological polar surface area (TPSA) is 9.23 Å². The van der Waals surface area contributed by atoms with E-state index in [1.807, 2.05) is 31.2 Å². The summed E-state index contributed by atoms with van der Waals surface area (Å²) in [5, 5.41) is 0. The summed E-state index contributed by atoms with van der Waals surface area (Å²) in [5.41, 5.74) is 0. The van der Waals surface area contributed by atoms with Gasteiger partial charge in [-0.05, 0) is 31.2 Å². The number of halogens is 1. The Balaban J connectivity index is 0.000001000. The number of hydrogen-bond donors (Lipinski definition) is 0. The first kappa shape index (κ1) is 11.3. The predicted molar refractivity (Wildman–Crippen MR) is 53.9 cm³/mol. The number of ether oxygens (including phenoxy) is 1. The average molecular weight is 227 g/mol. The molecule has 11 heavy (non-hydrogen) atoms. The highest BCUT2D eigenvalue weighted by Crippen LogP contribution is 2.15. The van der Waals surface area contributed by atoms with Crippen molar-refractivity contribution in [2.24, 2.45) is 0 Å². The summed E-state index contributed by atoms with van der Waals surface area (Å²) >= 11 is 3.34.